The van der Waals surface area contributed by atoms with E-state index in [0.29, 0.717) is 15.7 Å². The van der Waals surface area contributed by atoms with Crippen LogP contribution in [0.1, 0.15) is 6.92 Å². The molecule has 1 rings (SSSR count). The maximum Gasteiger partial charge on any atom is 0.238 e. The van der Waals surface area contributed by atoms with Gasteiger partial charge in [0.05, 0.1) is 16.6 Å². The zero-order valence-electron chi connectivity index (χ0n) is 8.31. The van der Waals surface area contributed by atoms with Crippen LogP contribution in [-0.4, -0.2) is 19.0 Å². The van der Waals surface area contributed by atoms with Gasteiger partial charge in [0.25, 0.3) is 0 Å². The monoisotopic (exact) mass is 246 g/mol. The summed E-state index contributed by atoms with van der Waals surface area (Å²) in [5.41, 5.74) is 0.646. The Morgan fingerprint density at radius 3 is 2.67 bits per heavy atom. The van der Waals surface area contributed by atoms with Crippen molar-refractivity contribution in [3.05, 3.63) is 28.2 Å². The zero-order chi connectivity index (χ0) is 11.3. The van der Waals surface area contributed by atoms with Crippen LogP contribution in [0.5, 0.6) is 0 Å². The van der Waals surface area contributed by atoms with Gasteiger partial charge >= 0.3 is 0 Å². The van der Waals surface area contributed by atoms with Crippen LogP contribution in [-0.2, 0) is 4.79 Å². The highest BCUT2D eigenvalue weighted by Crippen LogP contribution is 2.24. The molecule has 0 aliphatic rings. The number of nitrogens with one attached hydrogen (secondary N) is 2. The molecule has 1 amide bonds. The Labute approximate surface area is 98.8 Å². The van der Waals surface area contributed by atoms with Crippen LogP contribution in [0.2, 0.25) is 10.0 Å². The Balaban J connectivity index is 2.57. The van der Waals surface area contributed by atoms with E-state index in [-0.39, 0.29) is 12.5 Å². The lowest BCUT2D eigenvalue weighted by Gasteiger charge is -2.06. The summed E-state index contributed by atoms with van der Waals surface area (Å²) in [4.78, 5) is 11.3. The van der Waals surface area contributed by atoms with Crippen LogP contribution in [0, 0.1) is 0 Å². The van der Waals surface area contributed by atoms with Gasteiger partial charge in [-0.2, -0.15) is 0 Å². The first kappa shape index (κ1) is 12.3. The minimum absolute atomic E-state index is 0.102. The molecule has 0 heterocycles. The smallest absolute Gasteiger partial charge is 0.238 e. The van der Waals surface area contributed by atoms with E-state index in [9.17, 15) is 4.79 Å². The molecule has 0 atom stereocenters. The molecule has 0 radical (unpaired) electrons. The van der Waals surface area contributed by atoms with Gasteiger partial charge in [-0.3, -0.25) is 4.79 Å². The minimum atomic E-state index is -0.102. The summed E-state index contributed by atoms with van der Waals surface area (Å²) in [6.45, 7) is 2.98. The second-order valence-corrected chi connectivity index (χ2v) is 3.77. The molecule has 0 fully saturated rings. The Morgan fingerprint density at radius 2 is 2.07 bits per heavy atom. The third-order valence-corrected chi connectivity index (χ3v) is 2.48. The van der Waals surface area contributed by atoms with Crippen molar-refractivity contribution >= 4 is 34.8 Å². The van der Waals surface area contributed by atoms with E-state index >= 15 is 0 Å². The van der Waals surface area contributed by atoms with Crippen molar-refractivity contribution in [3.8, 4) is 0 Å². The fourth-order valence-electron chi connectivity index (χ4n) is 1.02. The number of carbonyl (C=O) groups is 1. The molecule has 5 heteroatoms. The molecule has 0 aliphatic heterocycles. The van der Waals surface area contributed by atoms with Gasteiger partial charge in [0, 0.05) is 5.69 Å². The van der Waals surface area contributed by atoms with E-state index in [2.05, 4.69) is 10.6 Å². The Bertz CT molecular complexity index is 355. The highest BCUT2D eigenvalue weighted by Gasteiger charge is 2.03. The molecule has 0 bridgehead atoms. The maximum absolute atomic E-state index is 11.3. The topological polar surface area (TPSA) is 41.1 Å². The van der Waals surface area contributed by atoms with Gasteiger partial charge in [-0.05, 0) is 24.7 Å². The van der Waals surface area contributed by atoms with Crippen LogP contribution in [0.25, 0.3) is 0 Å². The highest BCUT2D eigenvalue weighted by atomic mass is 35.5. The molecule has 15 heavy (non-hydrogen) atoms. The molecule has 2 N–H and O–H groups in total. The first-order chi connectivity index (χ1) is 7.13. The zero-order valence-corrected chi connectivity index (χ0v) is 9.82. The van der Waals surface area contributed by atoms with Gasteiger partial charge in [-0.15, -0.1) is 0 Å². The molecule has 1 aromatic carbocycles. The van der Waals surface area contributed by atoms with Crippen molar-refractivity contribution < 1.29 is 4.79 Å². The predicted molar refractivity (Wildman–Crippen MR) is 63.6 cm³/mol. The summed E-state index contributed by atoms with van der Waals surface area (Å²) < 4.78 is 0. The van der Waals surface area contributed by atoms with E-state index in [4.69, 9.17) is 23.2 Å². The molecular formula is C10H12Cl2N2O. The summed E-state index contributed by atoms with van der Waals surface area (Å²) in [5.74, 6) is -0.102. The third kappa shape index (κ3) is 4.08. The second kappa shape index (κ2) is 5.95. The number of anilines is 1. The van der Waals surface area contributed by atoms with Crippen molar-refractivity contribution in [1.82, 2.24) is 5.32 Å². The normalized spacial score (nSPS) is 10.1. The summed E-state index contributed by atoms with van der Waals surface area (Å²) in [7, 11) is 0. The average Bonchev–Trinajstić information content (AvgIpc) is 2.20. The summed E-state index contributed by atoms with van der Waals surface area (Å²) in [6, 6.07) is 4.97. The second-order valence-electron chi connectivity index (χ2n) is 2.96. The number of amides is 1. The molecule has 0 saturated heterocycles. The minimum Gasteiger partial charge on any atom is -0.325 e. The summed E-state index contributed by atoms with van der Waals surface area (Å²) >= 11 is 11.5. The summed E-state index contributed by atoms with van der Waals surface area (Å²) in [6.07, 6.45) is 0. The lowest BCUT2D eigenvalue weighted by molar-refractivity contribution is -0.115. The molecule has 82 valence electrons. The lowest BCUT2D eigenvalue weighted by Crippen LogP contribution is -2.27. The molecule has 0 spiro atoms. The van der Waals surface area contributed by atoms with E-state index < -0.39 is 0 Å². The molecule has 3 nitrogen and oxygen atoms in total. The van der Waals surface area contributed by atoms with Gasteiger partial charge in [-0.25, -0.2) is 0 Å². The van der Waals surface area contributed by atoms with Gasteiger partial charge in [0.1, 0.15) is 0 Å². The predicted octanol–water partition coefficient (Wildman–Crippen LogP) is 2.54. The molecule has 0 saturated carbocycles. The van der Waals surface area contributed by atoms with Gasteiger partial charge in [0.2, 0.25) is 5.91 Å². The number of halogens is 2. The molecular weight excluding hydrogens is 235 g/mol. The quantitative estimate of drug-likeness (QED) is 0.858. The lowest BCUT2D eigenvalue weighted by atomic mass is 10.3. The first-order valence-corrected chi connectivity index (χ1v) is 5.34. The summed E-state index contributed by atoms with van der Waals surface area (Å²) in [5, 5.41) is 6.53. The van der Waals surface area contributed by atoms with Crippen molar-refractivity contribution in [2.75, 3.05) is 18.4 Å². The van der Waals surface area contributed by atoms with Crippen LogP contribution >= 0.6 is 23.2 Å². The van der Waals surface area contributed by atoms with Crippen LogP contribution < -0.4 is 10.6 Å². The number of carbonyl (C=O) groups excluding carboxylic acids is 1. The Morgan fingerprint density at radius 1 is 1.33 bits per heavy atom. The van der Waals surface area contributed by atoms with Crippen molar-refractivity contribution in [2.24, 2.45) is 0 Å². The van der Waals surface area contributed by atoms with E-state index in [1.807, 2.05) is 6.92 Å². The molecule has 1 aromatic rings. The van der Waals surface area contributed by atoms with Gasteiger partial charge in [0.15, 0.2) is 0 Å². The van der Waals surface area contributed by atoms with Gasteiger partial charge < -0.3 is 10.6 Å². The largest absolute Gasteiger partial charge is 0.325 e. The Hall–Kier alpha value is -0.770. The first-order valence-electron chi connectivity index (χ1n) is 4.59. The standard InChI is InChI=1S/C10H12Cl2N2O/c1-2-13-6-10(15)14-7-3-4-8(11)9(12)5-7/h3-5,13H,2,6H2,1H3,(H,14,15). The van der Waals surface area contributed by atoms with Crippen LogP contribution in [0.4, 0.5) is 5.69 Å². The van der Waals surface area contributed by atoms with Crippen molar-refractivity contribution in [2.45, 2.75) is 6.92 Å². The fraction of sp³-hybridized carbons (Fsp3) is 0.300. The SMILES string of the molecule is CCNCC(=O)Nc1ccc(Cl)c(Cl)c1. The van der Waals surface area contributed by atoms with Crippen LogP contribution in [0.15, 0.2) is 18.2 Å². The number of rotatable bonds is 4. The van der Waals surface area contributed by atoms with Crippen molar-refractivity contribution in [1.29, 1.82) is 0 Å². The van der Waals surface area contributed by atoms with E-state index in [0.717, 1.165) is 6.54 Å². The van der Waals surface area contributed by atoms with Crippen LogP contribution in [0.3, 0.4) is 0 Å². The van der Waals surface area contributed by atoms with E-state index in [1.54, 1.807) is 18.2 Å². The number of hydrogen-bond donors (Lipinski definition) is 2. The molecule has 0 aliphatic carbocycles. The number of benzene rings is 1. The van der Waals surface area contributed by atoms with Crippen molar-refractivity contribution in [3.63, 3.8) is 0 Å². The highest BCUT2D eigenvalue weighted by molar-refractivity contribution is 6.42. The molecule has 0 aromatic heterocycles. The average molecular weight is 247 g/mol. The molecule has 0 unspecified atom stereocenters. The number of likely N-dealkylation sites (N-methyl/N-ethyl adjacent to an activating group) is 1. The third-order valence-electron chi connectivity index (χ3n) is 1.74. The van der Waals surface area contributed by atoms with Gasteiger partial charge in [-0.1, -0.05) is 30.1 Å². The maximum atomic E-state index is 11.3. The number of hydrogen-bond acceptors (Lipinski definition) is 2. The Kier molecular flexibility index (Phi) is 4.88. The fourth-order valence-corrected chi connectivity index (χ4v) is 1.32. The van der Waals surface area contributed by atoms with E-state index in [1.165, 1.54) is 0 Å².